The average Bonchev–Trinajstić information content (AvgIpc) is 1.99. The van der Waals surface area contributed by atoms with Crippen LogP contribution in [0, 0.1) is 0 Å². The van der Waals surface area contributed by atoms with Gasteiger partial charge in [0.1, 0.15) is 13.2 Å². The first-order valence-corrected chi connectivity index (χ1v) is 7.55. The fourth-order valence-electron chi connectivity index (χ4n) is 0.548. The first kappa shape index (κ1) is 14.0. The van der Waals surface area contributed by atoms with Gasteiger partial charge in [0, 0.05) is 0 Å². The molecule has 2 nitrogen and oxygen atoms in total. The summed E-state index contributed by atoms with van der Waals surface area (Å²) < 4.78 is 30.7. The highest BCUT2D eigenvalue weighted by Gasteiger charge is 2.40. The standard InChI is InChI=1S/C9H20F2O2Si/c1-8(2,3)14(4,5)13-7-9(10,11)6-12/h12H,6-7H2,1-5H3. The summed E-state index contributed by atoms with van der Waals surface area (Å²) in [6.07, 6.45) is 0. The summed E-state index contributed by atoms with van der Waals surface area (Å²) >= 11 is 0. The molecule has 86 valence electrons. The Balaban J connectivity index is 4.27. The van der Waals surface area contributed by atoms with E-state index in [0.717, 1.165) is 0 Å². The van der Waals surface area contributed by atoms with Crippen molar-refractivity contribution in [3.63, 3.8) is 0 Å². The zero-order valence-electron chi connectivity index (χ0n) is 9.53. The molecule has 0 aromatic rings. The SMILES string of the molecule is CC(C)(C)[Si](C)(C)OCC(F)(F)CO. The zero-order valence-corrected chi connectivity index (χ0v) is 10.5. The summed E-state index contributed by atoms with van der Waals surface area (Å²) in [5, 5.41) is 8.29. The molecule has 0 aliphatic heterocycles. The Hall–Kier alpha value is -0.00312. The molecule has 0 amide bonds. The monoisotopic (exact) mass is 226 g/mol. The first-order valence-electron chi connectivity index (χ1n) is 4.64. The minimum Gasteiger partial charge on any atom is -0.411 e. The lowest BCUT2D eigenvalue weighted by molar-refractivity contribution is -0.0832. The molecule has 0 saturated heterocycles. The number of halogens is 2. The summed E-state index contributed by atoms with van der Waals surface area (Å²) in [4.78, 5) is 0. The van der Waals surface area contributed by atoms with E-state index in [0.29, 0.717) is 0 Å². The molecule has 0 saturated carbocycles. The quantitative estimate of drug-likeness (QED) is 0.747. The first-order chi connectivity index (χ1) is 6.02. The van der Waals surface area contributed by atoms with Gasteiger partial charge in [0.25, 0.3) is 5.92 Å². The van der Waals surface area contributed by atoms with Crippen LogP contribution < -0.4 is 0 Å². The summed E-state index contributed by atoms with van der Waals surface area (Å²) in [6, 6.07) is 0. The van der Waals surface area contributed by atoms with Crippen molar-refractivity contribution >= 4 is 8.32 Å². The predicted molar refractivity (Wildman–Crippen MR) is 55.2 cm³/mol. The molecule has 0 aliphatic carbocycles. The lowest BCUT2D eigenvalue weighted by Crippen LogP contribution is -2.44. The number of aliphatic hydroxyl groups excluding tert-OH is 1. The van der Waals surface area contributed by atoms with E-state index < -0.39 is 27.5 Å². The van der Waals surface area contributed by atoms with Crippen molar-refractivity contribution in [2.45, 2.75) is 44.8 Å². The molecule has 5 heteroatoms. The van der Waals surface area contributed by atoms with Crippen LogP contribution >= 0.6 is 0 Å². The second-order valence-corrected chi connectivity index (χ2v) is 9.87. The van der Waals surface area contributed by atoms with E-state index in [2.05, 4.69) is 0 Å². The maximum Gasteiger partial charge on any atom is 0.292 e. The van der Waals surface area contributed by atoms with Crippen LogP contribution in [0.5, 0.6) is 0 Å². The molecule has 0 atom stereocenters. The van der Waals surface area contributed by atoms with Crippen molar-refractivity contribution in [1.82, 2.24) is 0 Å². The highest BCUT2D eigenvalue weighted by Crippen LogP contribution is 2.37. The van der Waals surface area contributed by atoms with E-state index in [1.54, 1.807) is 0 Å². The summed E-state index contributed by atoms with van der Waals surface area (Å²) in [5.74, 6) is -3.12. The van der Waals surface area contributed by atoms with E-state index in [-0.39, 0.29) is 5.04 Å². The third kappa shape index (κ3) is 4.02. The molecule has 0 heterocycles. The van der Waals surface area contributed by atoms with Gasteiger partial charge in [-0.3, -0.25) is 0 Å². The number of hydrogen-bond donors (Lipinski definition) is 1. The van der Waals surface area contributed by atoms with Crippen molar-refractivity contribution in [2.24, 2.45) is 0 Å². The van der Waals surface area contributed by atoms with E-state index in [9.17, 15) is 8.78 Å². The van der Waals surface area contributed by atoms with E-state index in [4.69, 9.17) is 9.53 Å². The Bertz CT molecular complexity index is 188. The largest absolute Gasteiger partial charge is 0.411 e. The van der Waals surface area contributed by atoms with Gasteiger partial charge in [-0.05, 0) is 18.1 Å². The number of hydrogen-bond acceptors (Lipinski definition) is 2. The Morgan fingerprint density at radius 2 is 1.64 bits per heavy atom. The fourth-order valence-corrected chi connectivity index (χ4v) is 1.55. The van der Waals surface area contributed by atoms with Crippen LogP contribution in [0.2, 0.25) is 18.1 Å². The molecule has 0 radical (unpaired) electrons. The smallest absolute Gasteiger partial charge is 0.292 e. The molecule has 0 bridgehead atoms. The van der Waals surface area contributed by atoms with Gasteiger partial charge in [0.05, 0.1) is 0 Å². The van der Waals surface area contributed by atoms with E-state index in [1.807, 2.05) is 33.9 Å². The van der Waals surface area contributed by atoms with Crippen molar-refractivity contribution in [1.29, 1.82) is 0 Å². The molecular formula is C9H20F2O2Si. The average molecular weight is 226 g/mol. The van der Waals surface area contributed by atoms with E-state index in [1.165, 1.54) is 0 Å². The Morgan fingerprint density at radius 3 is 1.93 bits per heavy atom. The van der Waals surface area contributed by atoms with Crippen LogP contribution in [0.25, 0.3) is 0 Å². The highest BCUT2D eigenvalue weighted by atomic mass is 28.4. The lowest BCUT2D eigenvalue weighted by Gasteiger charge is -2.37. The van der Waals surface area contributed by atoms with Crippen LogP contribution in [-0.4, -0.2) is 32.6 Å². The topological polar surface area (TPSA) is 29.5 Å². The lowest BCUT2D eigenvalue weighted by atomic mass is 10.2. The molecule has 0 aliphatic rings. The van der Waals surface area contributed by atoms with Gasteiger partial charge in [-0.1, -0.05) is 20.8 Å². The molecule has 0 aromatic carbocycles. The molecule has 0 rings (SSSR count). The summed E-state index contributed by atoms with van der Waals surface area (Å²) in [5.41, 5.74) is 0. The third-order valence-corrected chi connectivity index (χ3v) is 7.16. The van der Waals surface area contributed by atoms with Gasteiger partial charge >= 0.3 is 0 Å². The van der Waals surface area contributed by atoms with Crippen molar-refractivity contribution in [3.05, 3.63) is 0 Å². The third-order valence-electron chi connectivity index (χ3n) is 2.68. The number of rotatable bonds is 4. The van der Waals surface area contributed by atoms with Gasteiger partial charge in [-0.2, -0.15) is 0 Å². The maximum absolute atomic E-state index is 12.7. The zero-order chi connectivity index (χ0) is 11.6. The van der Waals surface area contributed by atoms with Crippen LogP contribution in [0.4, 0.5) is 8.78 Å². The van der Waals surface area contributed by atoms with Gasteiger partial charge in [-0.25, -0.2) is 8.78 Å². The Kier molecular flexibility index (Phi) is 4.24. The fraction of sp³-hybridized carbons (Fsp3) is 1.00. The summed E-state index contributed by atoms with van der Waals surface area (Å²) in [6.45, 7) is 7.92. The van der Waals surface area contributed by atoms with Gasteiger partial charge < -0.3 is 9.53 Å². The van der Waals surface area contributed by atoms with Crippen molar-refractivity contribution in [3.8, 4) is 0 Å². The van der Waals surface area contributed by atoms with Crippen LogP contribution in [0.1, 0.15) is 20.8 Å². The predicted octanol–water partition coefficient (Wildman–Crippen LogP) is 2.64. The Labute approximate surface area is 85.4 Å². The molecule has 1 N–H and O–H groups in total. The molecule has 0 aromatic heterocycles. The minimum atomic E-state index is -3.12. The molecule has 0 unspecified atom stereocenters. The van der Waals surface area contributed by atoms with Crippen LogP contribution in [0.15, 0.2) is 0 Å². The van der Waals surface area contributed by atoms with Gasteiger partial charge in [0.2, 0.25) is 0 Å². The van der Waals surface area contributed by atoms with E-state index >= 15 is 0 Å². The second-order valence-electron chi connectivity index (χ2n) is 5.06. The van der Waals surface area contributed by atoms with Crippen molar-refractivity contribution in [2.75, 3.05) is 13.2 Å². The van der Waals surface area contributed by atoms with Crippen molar-refractivity contribution < 1.29 is 18.3 Å². The van der Waals surface area contributed by atoms with Crippen LogP contribution in [0.3, 0.4) is 0 Å². The molecular weight excluding hydrogens is 206 g/mol. The second kappa shape index (κ2) is 4.24. The maximum atomic E-state index is 12.7. The van der Waals surface area contributed by atoms with Gasteiger partial charge in [0.15, 0.2) is 8.32 Å². The Morgan fingerprint density at radius 1 is 1.21 bits per heavy atom. The normalized spacial score (nSPS) is 14.6. The molecule has 0 fully saturated rings. The minimum absolute atomic E-state index is 0.0848. The van der Waals surface area contributed by atoms with Crippen LogP contribution in [-0.2, 0) is 4.43 Å². The van der Waals surface area contributed by atoms with Gasteiger partial charge in [-0.15, -0.1) is 0 Å². The highest BCUT2D eigenvalue weighted by molar-refractivity contribution is 6.74. The molecule has 14 heavy (non-hydrogen) atoms. The molecule has 0 spiro atoms. The number of aliphatic hydroxyl groups is 1. The number of alkyl halides is 2. The summed E-state index contributed by atoms with van der Waals surface area (Å²) in [7, 11) is -2.12.